The van der Waals surface area contributed by atoms with Crippen LogP contribution in [0.4, 0.5) is 17.1 Å². The topological polar surface area (TPSA) is 115 Å². The van der Waals surface area contributed by atoms with Crippen LogP contribution in [0.25, 0.3) is 11.2 Å². The maximum atomic E-state index is 10.9. The van der Waals surface area contributed by atoms with Gasteiger partial charge in [-0.25, -0.2) is 9.78 Å². The van der Waals surface area contributed by atoms with Crippen molar-refractivity contribution in [1.82, 2.24) is 19.9 Å². The molecule has 0 amide bonds. The van der Waals surface area contributed by atoms with Crippen LogP contribution >= 0.6 is 0 Å². The Morgan fingerprint density at radius 2 is 1.05 bits per heavy atom. The van der Waals surface area contributed by atoms with Gasteiger partial charge < -0.3 is 9.88 Å². The summed E-state index contributed by atoms with van der Waals surface area (Å²) in [7, 11) is 0. The van der Waals surface area contributed by atoms with E-state index in [9.17, 15) is 14.4 Å². The van der Waals surface area contributed by atoms with E-state index in [0.717, 1.165) is 11.8 Å². The lowest BCUT2D eigenvalue weighted by molar-refractivity contribution is 0.112. The molecule has 0 aliphatic rings. The normalized spacial score (nSPS) is 9.89. The summed E-state index contributed by atoms with van der Waals surface area (Å²) >= 11 is 0. The highest BCUT2D eigenvalue weighted by atomic mass is 16.2. The molecule has 6 rings (SSSR count). The second kappa shape index (κ2) is 13.0. The predicted molar refractivity (Wildman–Crippen MR) is 150 cm³/mol. The molecule has 188 valence electrons. The van der Waals surface area contributed by atoms with E-state index in [1.807, 2.05) is 36.4 Å². The van der Waals surface area contributed by atoms with Crippen molar-refractivity contribution in [2.45, 2.75) is 0 Å². The highest BCUT2D eigenvalue weighted by Crippen LogP contribution is 2.33. The largest absolute Gasteiger partial charge is 0.339 e. The third kappa shape index (κ3) is 6.79. The first-order valence-electron chi connectivity index (χ1n) is 11.8. The smallest absolute Gasteiger partial charge is 0.327 e. The average molecular weight is 504 g/mol. The number of aldehydes is 1. The van der Waals surface area contributed by atoms with Crippen molar-refractivity contribution in [3.8, 4) is 0 Å². The summed E-state index contributed by atoms with van der Waals surface area (Å²) in [6.07, 6.45) is 2.18. The Labute approximate surface area is 218 Å². The molecule has 0 unspecified atom stereocenters. The van der Waals surface area contributed by atoms with Gasteiger partial charge in [0, 0.05) is 22.6 Å². The Hall–Kier alpha value is -5.50. The number of hydrogen-bond donors (Lipinski definition) is 3. The van der Waals surface area contributed by atoms with Crippen LogP contribution < -0.4 is 16.1 Å². The molecule has 0 saturated heterocycles. The van der Waals surface area contributed by atoms with Gasteiger partial charge in [-0.2, -0.15) is 0 Å². The summed E-state index contributed by atoms with van der Waals surface area (Å²) in [5.74, 6) is 0. The van der Waals surface area contributed by atoms with Gasteiger partial charge in [-0.1, -0.05) is 84.9 Å². The molecule has 2 aromatic heterocycles. The van der Waals surface area contributed by atoms with E-state index >= 15 is 0 Å². The van der Waals surface area contributed by atoms with Gasteiger partial charge >= 0.3 is 5.69 Å². The summed E-state index contributed by atoms with van der Waals surface area (Å²) in [5.41, 5.74) is 3.78. The second-order valence-corrected chi connectivity index (χ2v) is 7.90. The Morgan fingerprint density at radius 3 is 1.47 bits per heavy atom. The predicted octanol–water partition coefficient (Wildman–Crippen LogP) is 5.60. The first-order valence-corrected chi connectivity index (χ1v) is 11.8. The second-order valence-electron chi connectivity index (χ2n) is 7.90. The molecule has 0 fully saturated rings. The summed E-state index contributed by atoms with van der Waals surface area (Å²) in [6.45, 7) is 0. The number of hydrogen-bond acceptors (Lipinski definition) is 5. The van der Waals surface area contributed by atoms with Gasteiger partial charge in [-0.3, -0.25) is 19.6 Å². The van der Waals surface area contributed by atoms with Gasteiger partial charge in [-0.15, -0.1) is 0 Å². The van der Waals surface area contributed by atoms with Crippen LogP contribution in [0.2, 0.25) is 0 Å². The van der Waals surface area contributed by atoms with Crippen LogP contribution in [0.15, 0.2) is 137 Å². The molecule has 0 spiro atoms. The summed E-state index contributed by atoms with van der Waals surface area (Å²) in [4.78, 5) is 44.5. The lowest BCUT2D eigenvalue weighted by Gasteiger charge is -2.25. The first-order chi connectivity index (χ1) is 18.7. The number of aromatic amines is 3. The van der Waals surface area contributed by atoms with Gasteiger partial charge in [0.05, 0.1) is 6.33 Å². The molecule has 2 heterocycles. The number of carbonyl (C=O) groups is 1. The Balaban J connectivity index is 0.000000149. The van der Waals surface area contributed by atoms with Crippen molar-refractivity contribution in [2.24, 2.45) is 0 Å². The molecule has 0 aliphatic heterocycles. The number of carbonyl (C=O) groups excluding carboxylic acids is 1. The van der Waals surface area contributed by atoms with Crippen LogP contribution in [-0.2, 0) is 0 Å². The number of benzene rings is 4. The number of nitrogens with one attached hydrogen (secondary N) is 3. The van der Waals surface area contributed by atoms with Crippen molar-refractivity contribution < 1.29 is 4.79 Å². The Kier molecular flexibility index (Phi) is 8.75. The van der Waals surface area contributed by atoms with Crippen molar-refractivity contribution >= 4 is 34.5 Å². The molecule has 38 heavy (non-hydrogen) atoms. The zero-order valence-electron chi connectivity index (χ0n) is 20.3. The zero-order valence-corrected chi connectivity index (χ0v) is 20.3. The molecule has 0 radical (unpaired) electrons. The minimum Gasteiger partial charge on any atom is -0.339 e. The molecular weight excluding hydrogens is 478 g/mol. The lowest BCUT2D eigenvalue weighted by atomic mass is 10.2. The van der Waals surface area contributed by atoms with Crippen molar-refractivity contribution in [2.75, 3.05) is 4.90 Å². The van der Waals surface area contributed by atoms with E-state index in [2.05, 4.69) is 97.6 Å². The van der Waals surface area contributed by atoms with Crippen LogP contribution in [0.3, 0.4) is 0 Å². The Bertz CT molecular complexity index is 1570. The monoisotopic (exact) mass is 503 g/mol. The standard InChI is InChI=1S/C18H15N.C7H6O.C5H4N4O2/c1-4-10-16(11-5-1)19(17-12-6-2-7-13-17)18-14-8-3-9-15-18;8-6-7-4-2-1-3-5-7;10-4-2-3(7-1-6-2)8-5(11)9-4/h1-15H;1-6H;1H,(H3,6,7,8,9,10,11). The molecule has 0 bridgehead atoms. The minimum absolute atomic E-state index is 0.277. The number of aromatic nitrogens is 4. The van der Waals surface area contributed by atoms with Crippen molar-refractivity contribution in [1.29, 1.82) is 0 Å². The zero-order chi connectivity index (χ0) is 26.6. The van der Waals surface area contributed by atoms with E-state index in [1.165, 1.54) is 23.4 Å². The summed E-state index contributed by atoms with van der Waals surface area (Å²) in [5, 5.41) is 0. The molecule has 0 aliphatic carbocycles. The highest BCUT2D eigenvalue weighted by Gasteiger charge is 2.10. The number of H-pyrrole nitrogens is 3. The highest BCUT2D eigenvalue weighted by molar-refractivity contribution is 5.76. The SMILES string of the molecule is O=Cc1ccccc1.O=c1[nH]c(=O)c2[nH]cnc2[nH]1.c1ccc(N(c2ccccc2)c2ccccc2)cc1. The molecular formula is C30H25N5O3. The van der Waals surface area contributed by atoms with Gasteiger partial charge in [0.1, 0.15) is 11.8 Å². The minimum atomic E-state index is -0.547. The summed E-state index contributed by atoms with van der Waals surface area (Å²) in [6, 6.07) is 40.3. The fourth-order valence-corrected chi connectivity index (χ4v) is 3.58. The van der Waals surface area contributed by atoms with Crippen LogP contribution in [0.5, 0.6) is 0 Å². The third-order valence-electron chi connectivity index (χ3n) is 5.30. The molecule has 8 nitrogen and oxygen atoms in total. The van der Waals surface area contributed by atoms with E-state index < -0.39 is 11.2 Å². The maximum Gasteiger partial charge on any atom is 0.327 e. The Morgan fingerprint density at radius 1 is 0.605 bits per heavy atom. The van der Waals surface area contributed by atoms with Gasteiger partial charge in [0.15, 0.2) is 5.65 Å². The van der Waals surface area contributed by atoms with E-state index in [-0.39, 0.29) is 11.2 Å². The van der Waals surface area contributed by atoms with Gasteiger partial charge in [0.25, 0.3) is 5.56 Å². The molecule has 8 heteroatoms. The molecule has 6 aromatic rings. The molecule has 4 aromatic carbocycles. The van der Waals surface area contributed by atoms with Crippen molar-refractivity contribution in [3.63, 3.8) is 0 Å². The van der Waals surface area contributed by atoms with E-state index in [4.69, 9.17) is 0 Å². The van der Waals surface area contributed by atoms with E-state index in [1.54, 1.807) is 12.1 Å². The van der Waals surface area contributed by atoms with Gasteiger partial charge in [-0.05, 0) is 36.4 Å². The fraction of sp³-hybridized carbons (Fsp3) is 0. The first kappa shape index (κ1) is 25.6. The van der Waals surface area contributed by atoms with Gasteiger partial charge in [0.2, 0.25) is 0 Å². The fourth-order valence-electron chi connectivity index (χ4n) is 3.58. The van der Waals surface area contributed by atoms with Crippen LogP contribution in [0.1, 0.15) is 10.4 Å². The molecule has 3 N–H and O–H groups in total. The van der Waals surface area contributed by atoms with Crippen LogP contribution in [-0.4, -0.2) is 26.2 Å². The molecule has 0 saturated carbocycles. The number of nitrogens with zero attached hydrogens (tertiary/aromatic N) is 2. The quantitative estimate of drug-likeness (QED) is 0.271. The lowest BCUT2D eigenvalue weighted by Crippen LogP contribution is -2.21. The number of rotatable bonds is 4. The number of para-hydroxylation sites is 3. The number of anilines is 3. The average Bonchev–Trinajstić information content (AvgIpc) is 3.45. The van der Waals surface area contributed by atoms with E-state index in [0.29, 0.717) is 0 Å². The number of fused-ring (bicyclic) bond motifs is 1. The molecule has 0 atom stereocenters. The third-order valence-corrected chi connectivity index (χ3v) is 5.30. The van der Waals surface area contributed by atoms with Crippen molar-refractivity contribution in [3.05, 3.63) is 154 Å². The number of imidazole rings is 1. The maximum absolute atomic E-state index is 10.9. The summed E-state index contributed by atoms with van der Waals surface area (Å²) < 4.78 is 0. The van der Waals surface area contributed by atoms with Crippen LogP contribution in [0, 0.1) is 0 Å².